The highest BCUT2D eigenvalue weighted by molar-refractivity contribution is 5.10. The lowest BCUT2D eigenvalue weighted by Gasteiger charge is -2.48. The fourth-order valence-corrected chi connectivity index (χ4v) is 3.51. The lowest BCUT2D eigenvalue weighted by Crippen LogP contribution is -2.63. The van der Waals surface area contributed by atoms with Crippen LogP contribution in [0.5, 0.6) is 0 Å². The minimum atomic E-state index is 0.333. The molecule has 112 valence electrons. The molecule has 2 aliphatic rings. The fourth-order valence-electron chi connectivity index (χ4n) is 3.51. The van der Waals surface area contributed by atoms with Crippen molar-refractivity contribution in [1.82, 2.24) is 20.0 Å². The van der Waals surface area contributed by atoms with Crippen LogP contribution in [-0.2, 0) is 13.1 Å². The average molecular weight is 276 g/mol. The van der Waals surface area contributed by atoms with E-state index in [0.29, 0.717) is 11.6 Å². The molecule has 1 aromatic rings. The first-order valence-electron chi connectivity index (χ1n) is 8.15. The molecule has 0 spiro atoms. The van der Waals surface area contributed by atoms with Crippen LogP contribution in [0.1, 0.15) is 45.6 Å². The molecule has 3 rings (SSSR count). The van der Waals surface area contributed by atoms with Crippen molar-refractivity contribution in [2.24, 2.45) is 5.92 Å². The molecule has 1 aliphatic carbocycles. The van der Waals surface area contributed by atoms with Crippen LogP contribution in [0.4, 0.5) is 0 Å². The average Bonchev–Trinajstić information content (AvgIpc) is 3.23. The van der Waals surface area contributed by atoms with Crippen molar-refractivity contribution >= 4 is 0 Å². The number of hydrogen-bond donors (Lipinski definition) is 1. The second-order valence-electron chi connectivity index (χ2n) is 6.70. The summed E-state index contributed by atoms with van der Waals surface area (Å²) in [5.41, 5.74) is 1.69. The van der Waals surface area contributed by atoms with Crippen molar-refractivity contribution in [3.8, 4) is 0 Å². The Morgan fingerprint density at radius 2 is 2.20 bits per heavy atom. The van der Waals surface area contributed by atoms with E-state index < -0.39 is 0 Å². The molecule has 0 aromatic carbocycles. The van der Waals surface area contributed by atoms with Crippen molar-refractivity contribution in [3.63, 3.8) is 0 Å². The maximum absolute atomic E-state index is 4.42. The molecule has 0 radical (unpaired) electrons. The first-order valence-corrected chi connectivity index (χ1v) is 8.15. The van der Waals surface area contributed by atoms with Gasteiger partial charge in [-0.15, -0.1) is 0 Å². The lowest BCUT2D eigenvalue weighted by atomic mass is 9.88. The molecule has 1 aromatic heterocycles. The highest BCUT2D eigenvalue weighted by Gasteiger charge is 2.47. The zero-order chi connectivity index (χ0) is 14.2. The number of rotatable bonds is 5. The second kappa shape index (κ2) is 5.49. The summed E-state index contributed by atoms with van der Waals surface area (Å²) in [7, 11) is 0. The molecule has 1 saturated carbocycles. The Bertz CT molecular complexity index is 451. The van der Waals surface area contributed by atoms with Crippen molar-refractivity contribution < 1.29 is 0 Å². The van der Waals surface area contributed by atoms with Crippen molar-refractivity contribution in [3.05, 3.63) is 18.0 Å². The van der Waals surface area contributed by atoms with Gasteiger partial charge in [0.2, 0.25) is 0 Å². The third-order valence-electron chi connectivity index (χ3n) is 5.25. The molecule has 2 heterocycles. The predicted octanol–water partition coefficient (Wildman–Crippen LogP) is 2.26. The largest absolute Gasteiger partial charge is 0.311 e. The molecule has 2 fully saturated rings. The van der Waals surface area contributed by atoms with E-state index in [0.717, 1.165) is 25.6 Å². The molecule has 1 N–H and O–H groups in total. The molecule has 4 heteroatoms. The number of nitrogens with one attached hydrogen (secondary N) is 1. The van der Waals surface area contributed by atoms with Crippen LogP contribution in [0.2, 0.25) is 0 Å². The van der Waals surface area contributed by atoms with E-state index in [-0.39, 0.29) is 0 Å². The summed E-state index contributed by atoms with van der Waals surface area (Å²) in [6.45, 7) is 11.2. The quantitative estimate of drug-likeness (QED) is 0.895. The summed E-state index contributed by atoms with van der Waals surface area (Å²) in [4.78, 5) is 2.71. The summed E-state index contributed by atoms with van der Waals surface area (Å²) in [5.74, 6) is 0.883. The maximum atomic E-state index is 4.42. The van der Waals surface area contributed by atoms with Gasteiger partial charge in [0, 0.05) is 49.5 Å². The van der Waals surface area contributed by atoms with Gasteiger partial charge in [0.05, 0.1) is 6.20 Å². The van der Waals surface area contributed by atoms with Crippen LogP contribution in [-0.4, -0.2) is 39.4 Å². The third kappa shape index (κ3) is 2.63. The van der Waals surface area contributed by atoms with Crippen LogP contribution in [0.15, 0.2) is 12.4 Å². The number of hydrogen-bond acceptors (Lipinski definition) is 3. The van der Waals surface area contributed by atoms with E-state index in [1.807, 2.05) is 10.9 Å². The van der Waals surface area contributed by atoms with E-state index >= 15 is 0 Å². The Labute approximate surface area is 122 Å². The van der Waals surface area contributed by atoms with Gasteiger partial charge in [0.25, 0.3) is 0 Å². The molecule has 0 amide bonds. The van der Waals surface area contributed by atoms with E-state index in [1.54, 1.807) is 0 Å². The number of aromatic nitrogens is 2. The summed E-state index contributed by atoms with van der Waals surface area (Å²) in [6.07, 6.45) is 8.26. The van der Waals surface area contributed by atoms with E-state index in [2.05, 4.69) is 42.3 Å². The van der Waals surface area contributed by atoms with Crippen LogP contribution in [0.25, 0.3) is 0 Å². The van der Waals surface area contributed by atoms with Crippen LogP contribution >= 0.6 is 0 Å². The molecule has 4 nitrogen and oxygen atoms in total. The molecular formula is C16H28N4. The first-order chi connectivity index (χ1) is 9.65. The highest BCUT2D eigenvalue weighted by Crippen LogP contribution is 2.44. The molecule has 2 atom stereocenters. The maximum Gasteiger partial charge on any atom is 0.0534 e. The van der Waals surface area contributed by atoms with Gasteiger partial charge in [0.1, 0.15) is 0 Å². The van der Waals surface area contributed by atoms with E-state index in [4.69, 9.17) is 0 Å². The van der Waals surface area contributed by atoms with Gasteiger partial charge in [-0.25, -0.2) is 0 Å². The van der Waals surface area contributed by atoms with Crippen molar-refractivity contribution in [1.29, 1.82) is 0 Å². The molecule has 1 saturated heterocycles. The highest BCUT2D eigenvalue weighted by atomic mass is 15.3. The Kier molecular flexibility index (Phi) is 3.87. The smallest absolute Gasteiger partial charge is 0.0534 e. The van der Waals surface area contributed by atoms with E-state index in [9.17, 15) is 0 Å². The third-order valence-corrected chi connectivity index (χ3v) is 5.25. The van der Waals surface area contributed by atoms with E-state index in [1.165, 1.54) is 31.4 Å². The minimum absolute atomic E-state index is 0.333. The Morgan fingerprint density at radius 3 is 2.80 bits per heavy atom. The van der Waals surface area contributed by atoms with Gasteiger partial charge < -0.3 is 5.32 Å². The predicted molar refractivity (Wildman–Crippen MR) is 81.5 cm³/mol. The zero-order valence-electron chi connectivity index (χ0n) is 13.1. The summed E-state index contributed by atoms with van der Waals surface area (Å²) < 4.78 is 2.03. The van der Waals surface area contributed by atoms with Crippen molar-refractivity contribution in [2.45, 2.75) is 64.7 Å². The van der Waals surface area contributed by atoms with Gasteiger partial charge in [-0.1, -0.05) is 6.92 Å². The van der Waals surface area contributed by atoms with Gasteiger partial charge in [-0.2, -0.15) is 5.10 Å². The number of nitrogens with zero attached hydrogens (tertiary/aromatic N) is 3. The second-order valence-corrected chi connectivity index (χ2v) is 6.70. The Morgan fingerprint density at radius 1 is 1.40 bits per heavy atom. The van der Waals surface area contributed by atoms with Gasteiger partial charge >= 0.3 is 0 Å². The Hall–Kier alpha value is -0.870. The fraction of sp³-hybridized carbons (Fsp3) is 0.812. The summed E-state index contributed by atoms with van der Waals surface area (Å²) in [5, 5.41) is 8.17. The van der Waals surface area contributed by atoms with Crippen molar-refractivity contribution in [2.75, 3.05) is 13.1 Å². The van der Waals surface area contributed by atoms with Gasteiger partial charge in [-0.05, 0) is 39.0 Å². The number of aryl methyl sites for hydroxylation is 1. The van der Waals surface area contributed by atoms with Crippen LogP contribution in [0.3, 0.4) is 0 Å². The van der Waals surface area contributed by atoms with Gasteiger partial charge in [-0.3, -0.25) is 9.58 Å². The lowest BCUT2D eigenvalue weighted by molar-refractivity contribution is 0.0270. The van der Waals surface area contributed by atoms with Gasteiger partial charge in [0.15, 0.2) is 0 Å². The van der Waals surface area contributed by atoms with Crippen LogP contribution < -0.4 is 5.32 Å². The molecule has 1 aliphatic heterocycles. The molecule has 2 unspecified atom stereocenters. The first kappa shape index (κ1) is 14.1. The topological polar surface area (TPSA) is 33.1 Å². The summed E-state index contributed by atoms with van der Waals surface area (Å²) in [6, 6.07) is 0.642. The number of piperazine rings is 1. The molecule has 20 heavy (non-hydrogen) atoms. The van der Waals surface area contributed by atoms with Crippen LogP contribution in [0, 0.1) is 5.92 Å². The molecule has 0 bridgehead atoms. The monoisotopic (exact) mass is 276 g/mol. The standard InChI is InChI=1S/C16H28N4/c1-4-15-11-19(9-13-8-18-20(5-2)10-13)16(3,12-17-15)14-6-7-14/h8,10,14-15,17H,4-7,9,11-12H2,1-3H3. The minimum Gasteiger partial charge on any atom is -0.311 e. The zero-order valence-corrected chi connectivity index (χ0v) is 13.1. The summed E-state index contributed by atoms with van der Waals surface area (Å²) >= 11 is 0. The molecular weight excluding hydrogens is 248 g/mol. The SMILES string of the molecule is CCC1CN(Cc2cnn(CC)c2)C(C)(C2CC2)CN1. The normalized spacial score (nSPS) is 31.6. The Balaban J connectivity index is 1.75.